The summed E-state index contributed by atoms with van der Waals surface area (Å²) in [6.45, 7) is 28.0. The van der Waals surface area contributed by atoms with E-state index in [0.29, 0.717) is 0 Å². The molecule has 0 saturated heterocycles. The molecular weight excluding hydrogens is 659 g/mol. The molecule has 0 aliphatic carbocycles. The molecule has 2 aliphatic heterocycles. The molecule has 4 heteroatoms. The fraction of sp³-hybridized carbons (Fsp3) is 0.388. The highest BCUT2D eigenvalue weighted by Crippen LogP contribution is 2.55. The van der Waals surface area contributed by atoms with Crippen LogP contribution in [0, 0.1) is 0 Å². The van der Waals surface area contributed by atoms with Crippen LogP contribution >= 0.6 is 10.0 Å². The van der Waals surface area contributed by atoms with Gasteiger partial charge in [-0.05, 0) is 128 Å². The number of hydrogen-bond donors (Lipinski definition) is 0. The maximum absolute atomic E-state index is 2.62. The van der Waals surface area contributed by atoms with Crippen molar-refractivity contribution in [3.8, 4) is 0 Å². The van der Waals surface area contributed by atoms with Gasteiger partial charge in [0.2, 0.25) is 0 Å². The Kier molecular flexibility index (Phi) is 8.70. The first-order valence-electron chi connectivity index (χ1n) is 19.4. The summed E-state index contributed by atoms with van der Waals surface area (Å²) in [6, 6.07) is 38.3. The van der Waals surface area contributed by atoms with Crippen molar-refractivity contribution in [3.05, 3.63) is 119 Å². The molecular formula is C49H61BN2S. The van der Waals surface area contributed by atoms with E-state index in [9.17, 15) is 0 Å². The predicted molar refractivity (Wildman–Crippen MR) is 239 cm³/mol. The first kappa shape index (κ1) is 37.4. The fourth-order valence-corrected chi connectivity index (χ4v) is 9.45. The molecule has 53 heavy (non-hydrogen) atoms. The minimum absolute atomic E-state index is 0.0142. The number of anilines is 6. The summed E-state index contributed by atoms with van der Waals surface area (Å²) >= 11 is 0. The van der Waals surface area contributed by atoms with Gasteiger partial charge in [-0.1, -0.05) is 132 Å². The van der Waals surface area contributed by atoms with Crippen LogP contribution in [0.5, 0.6) is 0 Å². The summed E-state index contributed by atoms with van der Waals surface area (Å²) in [6.07, 6.45) is 7.37. The topological polar surface area (TPSA) is 6.48 Å². The van der Waals surface area contributed by atoms with Gasteiger partial charge < -0.3 is 9.80 Å². The Bertz CT molecular complexity index is 2170. The van der Waals surface area contributed by atoms with Gasteiger partial charge in [0.25, 0.3) is 6.71 Å². The Morgan fingerprint density at radius 1 is 0.415 bits per heavy atom. The highest BCUT2D eigenvalue weighted by atomic mass is 32.3. The second-order valence-corrected chi connectivity index (χ2v) is 24.5. The van der Waals surface area contributed by atoms with Gasteiger partial charge in [-0.3, -0.25) is 0 Å². The van der Waals surface area contributed by atoms with Crippen LogP contribution < -0.4 is 26.2 Å². The van der Waals surface area contributed by atoms with Crippen LogP contribution in [0.25, 0.3) is 0 Å². The Morgan fingerprint density at radius 2 is 0.774 bits per heavy atom. The molecule has 5 aromatic carbocycles. The second-order valence-electron chi connectivity index (χ2n) is 20.4. The molecule has 7 rings (SSSR count). The molecule has 0 radical (unpaired) electrons. The third kappa shape index (κ3) is 6.54. The van der Waals surface area contributed by atoms with Crippen LogP contribution in [-0.4, -0.2) is 25.5 Å². The van der Waals surface area contributed by atoms with E-state index in [4.69, 9.17) is 0 Å². The Morgan fingerprint density at radius 3 is 1.17 bits per heavy atom. The highest BCUT2D eigenvalue weighted by molar-refractivity contribution is 8.32. The zero-order valence-electron chi connectivity index (χ0n) is 35.1. The predicted octanol–water partition coefficient (Wildman–Crippen LogP) is 12.0. The second kappa shape index (κ2) is 12.3. The van der Waals surface area contributed by atoms with Crippen LogP contribution in [-0.2, 0) is 21.7 Å². The standard InChI is InChI=1S/C49H61BN2S/c1-46(2,3)32-16-22-36(23-17-32)51-40-26-20-34(48(7,8)9)30-38(40)50-39-31-35(49(10,11)12)21-27-41(39)52(37-24-18-33(19-25-37)47(4,5)6)45-43(53(13,14)15)29-28-42(51)44(45)50/h16-31H,1-15H3. The molecule has 276 valence electrons. The minimum atomic E-state index is -1.15. The minimum Gasteiger partial charge on any atom is -0.311 e. The maximum atomic E-state index is 2.62. The Labute approximate surface area is 323 Å². The van der Waals surface area contributed by atoms with E-state index in [2.05, 4.69) is 209 Å². The molecule has 0 atom stereocenters. The van der Waals surface area contributed by atoms with Gasteiger partial charge in [-0.15, -0.1) is 0 Å². The average molecular weight is 721 g/mol. The lowest BCUT2D eigenvalue weighted by Crippen LogP contribution is -2.62. The summed E-state index contributed by atoms with van der Waals surface area (Å²) in [7, 11) is -1.15. The average Bonchev–Trinajstić information content (AvgIpc) is 3.05. The number of benzene rings is 5. The van der Waals surface area contributed by atoms with Gasteiger partial charge in [-0.25, -0.2) is 10.0 Å². The summed E-state index contributed by atoms with van der Waals surface area (Å²) in [5.41, 5.74) is 17.5. The van der Waals surface area contributed by atoms with Crippen molar-refractivity contribution in [2.24, 2.45) is 0 Å². The molecule has 0 spiro atoms. The van der Waals surface area contributed by atoms with Gasteiger partial charge in [0, 0.05) is 33.3 Å². The number of nitrogens with zero attached hydrogens (tertiary/aromatic N) is 2. The third-order valence-electron chi connectivity index (χ3n) is 11.4. The molecule has 0 amide bonds. The van der Waals surface area contributed by atoms with Gasteiger partial charge in [0.05, 0.1) is 5.69 Å². The van der Waals surface area contributed by atoms with Gasteiger partial charge in [0.15, 0.2) is 0 Å². The molecule has 5 aromatic rings. The van der Waals surface area contributed by atoms with Crippen molar-refractivity contribution in [1.29, 1.82) is 0 Å². The van der Waals surface area contributed by atoms with Crippen LogP contribution in [0.1, 0.15) is 105 Å². The van der Waals surface area contributed by atoms with E-state index in [0.717, 1.165) is 0 Å². The van der Waals surface area contributed by atoms with Gasteiger partial charge in [-0.2, -0.15) is 0 Å². The number of fused-ring (bicyclic) bond motifs is 4. The quantitative estimate of drug-likeness (QED) is 0.168. The zero-order valence-corrected chi connectivity index (χ0v) is 35.9. The smallest absolute Gasteiger partial charge is 0.252 e. The summed E-state index contributed by atoms with van der Waals surface area (Å²) in [4.78, 5) is 6.63. The Balaban J connectivity index is 1.62. The molecule has 0 N–H and O–H groups in total. The number of hydrogen-bond acceptors (Lipinski definition) is 2. The van der Waals surface area contributed by atoms with Crippen LogP contribution in [0.4, 0.5) is 34.1 Å². The fourth-order valence-electron chi connectivity index (χ4n) is 8.19. The van der Waals surface area contributed by atoms with E-state index in [-0.39, 0.29) is 28.4 Å². The van der Waals surface area contributed by atoms with Crippen molar-refractivity contribution in [2.75, 3.05) is 28.6 Å². The lowest BCUT2D eigenvalue weighted by atomic mass is 9.33. The summed E-state index contributed by atoms with van der Waals surface area (Å²) in [5.74, 6) is 0. The lowest BCUT2D eigenvalue weighted by molar-refractivity contribution is 0.590. The first-order valence-corrected chi connectivity index (χ1v) is 22.3. The molecule has 0 aromatic heterocycles. The lowest BCUT2D eigenvalue weighted by Gasteiger charge is -2.47. The first-order chi connectivity index (χ1) is 24.5. The SMILES string of the molecule is CC(C)(C)c1ccc(N2c3ccc(C(C)(C)C)cc3B3c4cc(C(C)(C)C)ccc4N(c4ccc(C(C)(C)C)cc4)c4c(S(C)(C)C)ccc2c43)cc1. The molecule has 0 fully saturated rings. The van der Waals surface area contributed by atoms with Gasteiger partial charge >= 0.3 is 0 Å². The third-order valence-corrected chi connectivity index (χ3v) is 13.1. The largest absolute Gasteiger partial charge is 0.311 e. The van der Waals surface area contributed by atoms with E-state index in [1.54, 1.807) is 0 Å². The highest BCUT2D eigenvalue weighted by Gasteiger charge is 2.45. The molecule has 2 nitrogen and oxygen atoms in total. The number of rotatable bonds is 3. The Hall–Kier alpha value is -3.89. The monoisotopic (exact) mass is 720 g/mol. The normalized spacial score (nSPS) is 14.9. The molecule has 2 aliphatic rings. The van der Waals surface area contributed by atoms with Crippen molar-refractivity contribution in [1.82, 2.24) is 0 Å². The maximum Gasteiger partial charge on any atom is 0.252 e. The van der Waals surface area contributed by atoms with E-state index in [1.807, 2.05) is 0 Å². The van der Waals surface area contributed by atoms with E-state index < -0.39 is 10.0 Å². The molecule has 0 bridgehead atoms. The molecule has 2 heterocycles. The molecule has 0 saturated carbocycles. The summed E-state index contributed by atoms with van der Waals surface area (Å²) in [5, 5.41) is 0. The van der Waals surface area contributed by atoms with Crippen LogP contribution in [0.15, 0.2) is 102 Å². The zero-order chi connectivity index (χ0) is 38.6. The van der Waals surface area contributed by atoms with Crippen LogP contribution in [0.3, 0.4) is 0 Å². The van der Waals surface area contributed by atoms with E-state index >= 15 is 0 Å². The van der Waals surface area contributed by atoms with Crippen molar-refractivity contribution >= 4 is 67.3 Å². The van der Waals surface area contributed by atoms with E-state index in [1.165, 1.54) is 77.7 Å². The van der Waals surface area contributed by atoms with Crippen LogP contribution in [0.2, 0.25) is 0 Å². The molecule has 0 unspecified atom stereocenters. The van der Waals surface area contributed by atoms with Crippen molar-refractivity contribution in [3.63, 3.8) is 0 Å². The van der Waals surface area contributed by atoms with Gasteiger partial charge in [0.1, 0.15) is 0 Å². The van der Waals surface area contributed by atoms with Crippen molar-refractivity contribution < 1.29 is 0 Å². The van der Waals surface area contributed by atoms with Crippen molar-refractivity contribution in [2.45, 2.75) is 110 Å². The summed E-state index contributed by atoms with van der Waals surface area (Å²) < 4.78 is 0.